The number of rotatable bonds is 0. The molecular weight excluding hydrogens is 224 g/mol. The molecule has 1 fully saturated rings. The van der Waals surface area contributed by atoms with Crippen molar-refractivity contribution in [1.82, 2.24) is 5.32 Å². The zero-order valence-corrected chi connectivity index (χ0v) is 10.2. The third kappa shape index (κ3) is 1.55. The van der Waals surface area contributed by atoms with E-state index in [1.165, 1.54) is 5.71 Å². The van der Waals surface area contributed by atoms with E-state index in [0.717, 1.165) is 25.2 Å². The van der Waals surface area contributed by atoms with E-state index >= 15 is 0 Å². The summed E-state index contributed by atoms with van der Waals surface area (Å²) in [5.41, 5.74) is 1.28. The summed E-state index contributed by atoms with van der Waals surface area (Å²) >= 11 is 0. The largest absolute Gasteiger partial charge is 0.333 e. The van der Waals surface area contributed by atoms with Gasteiger partial charge in [-0.25, -0.2) is 0 Å². The average molecular weight is 240 g/mol. The van der Waals surface area contributed by atoms with Crippen LogP contribution in [-0.4, -0.2) is 36.5 Å². The molecule has 4 unspecified atom stereocenters. The Kier molecular flexibility index (Phi) is 2.22. The van der Waals surface area contributed by atoms with Crippen molar-refractivity contribution in [2.45, 2.75) is 24.9 Å². The molecule has 1 saturated carbocycles. The topological polar surface area (TPSA) is 49.1 Å². The monoisotopic (exact) mass is 240 g/mol. The van der Waals surface area contributed by atoms with Crippen molar-refractivity contribution in [2.24, 2.45) is 26.8 Å². The summed E-state index contributed by atoms with van der Waals surface area (Å²) in [4.78, 5) is 13.9. The first-order valence-electron chi connectivity index (χ1n) is 6.64. The van der Waals surface area contributed by atoms with Crippen molar-refractivity contribution in [2.75, 3.05) is 6.54 Å². The van der Waals surface area contributed by atoms with Gasteiger partial charge in [-0.05, 0) is 24.7 Å². The van der Waals surface area contributed by atoms with Crippen molar-refractivity contribution in [1.29, 1.82) is 0 Å². The zero-order chi connectivity index (χ0) is 11.9. The standard InChI is InChI=1S/C14H16N4/c1-2-4-10-6-12-11(5-9(10)3-1)17-13-7-15-8-16-14(13)18-12/h1-4,8-10,12-13H,5-7H2,(H,15,16,18). The third-order valence-electron chi connectivity index (χ3n) is 4.22. The van der Waals surface area contributed by atoms with Crippen LogP contribution in [0, 0.1) is 11.8 Å². The highest BCUT2D eigenvalue weighted by Crippen LogP contribution is 2.35. The molecule has 0 saturated heterocycles. The number of hydrogen-bond acceptors (Lipinski definition) is 4. The maximum absolute atomic E-state index is 4.87. The molecule has 4 nitrogen and oxygen atoms in total. The van der Waals surface area contributed by atoms with Gasteiger partial charge in [-0.15, -0.1) is 0 Å². The van der Waals surface area contributed by atoms with E-state index in [1.54, 1.807) is 6.34 Å². The van der Waals surface area contributed by atoms with Gasteiger partial charge in [0, 0.05) is 5.71 Å². The highest BCUT2D eigenvalue weighted by atomic mass is 15.1. The predicted molar refractivity (Wildman–Crippen MR) is 73.4 cm³/mol. The summed E-state index contributed by atoms with van der Waals surface area (Å²) in [5, 5.41) is 3.15. The molecule has 2 aliphatic heterocycles. The first-order chi connectivity index (χ1) is 8.90. The first kappa shape index (κ1) is 10.2. The molecule has 4 aliphatic rings. The lowest BCUT2D eigenvalue weighted by Gasteiger charge is -2.37. The van der Waals surface area contributed by atoms with Crippen LogP contribution in [0.2, 0.25) is 0 Å². The molecule has 2 aliphatic carbocycles. The van der Waals surface area contributed by atoms with Gasteiger partial charge in [-0.3, -0.25) is 15.0 Å². The number of nitrogens with zero attached hydrogens (tertiary/aromatic N) is 3. The maximum atomic E-state index is 4.87. The molecule has 0 aromatic heterocycles. The van der Waals surface area contributed by atoms with Crippen molar-refractivity contribution in [3.63, 3.8) is 0 Å². The molecule has 1 N–H and O–H groups in total. The molecule has 4 atom stereocenters. The lowest BCUT2D eigenvalue weighted by atomic mass is 9.73. The van der Waals surface area contributed by atoms with Crippen LogP contribution < -0.4 is 5.32 Å². The first-order valence-corrected chi connectivity index (χ1v) is 6.64. The molecule has 0 amide bonds. The minimum absolute atomic E-state index is 0.140. The number of fused-ring (bicyclic) bond motifs is 3. The molecule has 4 heteroatoms. The van der Waals surface area contributed by atoms with Crippen molar-refractivity contribution in [3.8, 4) is 0 Å². The van der Waals surface area contributed by atoms with E-state index in [1.807, 2.05) is 0 Å². The van der Waals surface area contributed by atoms with Gasteiger partial charge in [-0.2, -0.15) is 0 Å². The number of hydrogen-bond donors (Lipinski definition) is 1. The summed E-state index contributed by atoms with van der Waals surface area (Å²) in [6.45, 7) is 0.742. The van der Waals surface area contributed by atoms with Gasteiger partial charge in [0.15, 0.2) is 0 Å². The van der Waals surface area contributed by atoms with E-state index in [4.69, 9.17) is 9.98 Å². The Balaban J connectivity index is 1.64. The molecule has 0 aromatic rings. The highest BCUT2D eigenvalue weighted by molar-refractivity contribution is 6.04. The van der Waals surface area contributed by atoms with Gasteiger partial charge in [0.2, 0.25) is 0 Å². The quantitative estimate of drug-likeness (QED) is 0.683. The van der Waals surface area contributed by atoms with Crippen molar-refractivity contribution < 1.29 is 0 Å². The molecule has 2 heterocycles. The van der Waals surface area contributed by atoms with Crippen LogP contribution in [0.1, 0.15) is 12.8 Å². The lowest BCUT2D eigenvalue weighted by Crippen LogP contribution is -2.47. The molecule has 0 aromatic carbocycles. The van der Waals surface area contributed by atoms with Gasteiger partial charge in [-0.1, -0.05) is 24.3 Å². The predicted octanol–water partition coefficient (Wildman–Crippen LogP) is 1.36. The second-order valence-corrected chi connectivity index (χ2v) is 5.34. The van der Waals surface area contributed by atoms with E-state index in [2.05, 4.69) is 34.6 Å². The van der Waals surface area contributed by atoms with E-state index in [9.17, 15) is 0 Å². The minimum atomic E-state index is 0.140. The fourth-order valence-corrected chi connectivity index (χ4v) is 3.25. The summed E-state index contributed by atoms with van der Waals surface area (Å²) in [6.07, 6.45) is 12.9. The van der Waals surface area contributed by atoms with E-state index in [-0.39, 0.29) is 12.1 Å². The van der Waals surface area contributed by atoms with Crippen molar-refractivity contribution >= 4 is 17.9 Å². The zero-order valence-electron chi connectivity index (χ0n) is 10.2. The Morgan fingerprint density at radius 1 is 1.06 bits per heavy atom. The summed E-state index contributed by atoms with van der Waals surface area (Å²) in [7, 11) is 0. The fraction of sp³-hybridized carbons (Fsp3) is 0.500. The SMILES string of the molecule is C1=CC2CC3=NC4CN=CNC4=NC3CC2C=C1. The Hall–Kier alpha value is -1.71. The van der Waals surface area contributed by atoms with Gasteiger partial charge >= 0.3 is 0 Å². The van der Waals surface area contributed by atoms with Crippen LogP contribution in [0.15, 0.2) is 39.3 Å². The van der Waals surface area contributed by atoms with Gasteiger partial charge in [0.1, 0.15) is 11.9 Å². The Morgan fingerprint density at radius 3 is 2.89 bits per heavy atom. The van der Waals surface area contributed by atoms with Crippen molar-refractivity contribution in [3.05, 3.63) is 24.3 Å². The molecule has 0 bridgehead atoms. The van der Waals surface area contributed by atoms with Gasteiger partial charge in [0.25, 0.3) is 0 Å². The summed E-state index contributed by atoms with van der Waals surface area (Å²) in [5.74, 6) is 2.27. The lowest BCUT2D eigenvalue weighted by molar-refractivity contribution is 0.401. The third-order valence-corrected chi connectivity index (χ3v) is 4.22. The Bertz CT molecular complexity index is 512. The highest BCUT2D eigenvalue weighted by Gasteiger charge is 2.36. The molecule has 92 valence electrons. The number of nitrogens with one attached hydrogen (secondary N) is 1. The number of aliphatic imine (C=N–C) groups is 3. The second kappa shape index (κ2) is 3.90. The van der Waals surface area contributed by atoms with Crippen LogP contribution in [0.5, 0.6) is 0 Å². The normalized spacial score (nSPS) is 40.0. The average Bonchev–Trinajstić information content (AvgIpc) is 2.42. The van der Waals surface area contributed by atoms with E-state index < -0.39 is 0 Å². The fourth-order valence-electron chi connectivity index (χ4n) is 3.25. The van der Waals surface area contributed by atoms with Gasteiger partial charge in [0.05, 0.1) is 18.9 Å². The number of allylic oxidation sites excluding steroid dienone is 4. The molecule has 18 heavy (non-hydrogen) atoms. The molecular formula is C14H16N4. The van der Waals surface area contributed by atoms with Gasteiger partial charge < -0.3 is 5.32 Å². The molecule has 4 rings (SSSR count). The smallest absolute Gasteiger partial charge is 0.129 e. The number of amidine groups is 1. The second-order valence-electron chi connectivity index (χ2n) is 5.34. The van der Waals surface area contributed by atoms with Crippen LogP contribution in [0.4, 0.5) is 0 Å². The Morgan fingerprint density at radius 2 is 1.94 bits per heavy atom. The van der Waals surface area contributed by atoms with E-state index in [0.29, 0.717) is 11.8 Å². The summed E-state index contributed by atoms with van der Waals surface area (Å²) < 4.78 is 0. The van der Waals surface area contributed by atoms with Crippen LogP contribution in [0.25, 0.3) is 0 Å². The minimum Gasteiger partial charge on any atom is -0.333 e. The van der Waals surface area contributed by atoms with Crippen LogP contribution >= 0.6 is 0 Å². The molecule has 0 radical (unpaired) electrons. The Labute approximate surface area is 106 Å². The summed E-state index contributed by atoms with van der Waals surface area (Å²) in [6, 6.07) is 0.425. The maximum Gasteiger partial charge on any atom is 0.129 e. The van der Waals surface area contributed by atoms with Crippen LogP contribution in [0.3, 0.4) is 0 Å². The van der Waals surface area contributed by atoms with Crippen LogP contribution in [-0.2, 0) is 0 Å². The molecule has 0 spiro atoms.